The lowest BCUT2D eigenvalue weighted by Crippen LogP contribution is -2.22. The van der Waals surface area contributed by atoms with E-state index in [-0.39, 0.29) is 12.5 Å². The Hall–Kier alpha value is -4.37. The lowest BCUT2D eigenvalue weighted by molar-refractivity contribution is -0.124. The molecular weight excluding hydrogens is 432 g/mol. The summed E-state index contributed by atoms with van der Waals surface area (Å²) in [7, 11) is 1.45. The molecule has 2 N–H and O–H groups in total. The Kier molecular flexibility index (Phi) is 7.04. The van der Waals surface area contributed by atoms with Gasteiger partial charge < -0.3 is 14.8 Å². The van der Waals surface area contributed by atoms with Gasteiger partial charge in [-0.3, -0.25) is 9.78 Å². The van der Waals surface area contributed by atoms with Crippen molar-refractivity contribution in [1.29, 1.82) is 0 Å². The van der Waals surface area contributed by atoms with E-state index in [1.165, 1.54) is 13.4 Å². The number of pyridine rings is 1. The molecule has 0 spiro atoms. The summed E-state index contributed by atoms with van der Waals surface area (Å²) in [6.45, 7) is 3.86. The van der Waals surface area contributed by atoms with Crippen molar-refractivity contribution in [1.82, 2.24) is 20.4 Å². The van der Waals surface area contributed by atoms with Gasteiger partial charge in [0.2, 0.25) is 0 Å². The molecule has 9 nitrogen and oxygen atoms in total. The fourth-order valence-corrected chi connectivity index (χ4v) is 3.22. The normalized spacial score (nSPS) is 11.0. The first-order valence-corrected chi connectivity index (χ1v) is 10.6. The molecule has 0 aliphatic rings. The average Bonchev–Trinajstić information content (AvgIpc) is 2.83. The van der Waals surface area contributed by atoms with E-state index < -0.39 is 0 Å². The number of anilines is 2. The van der Waals surface area contributed by atoms with Crippen molar-refractivity contribution in [3.63, 3.8) is 0 Å². The Bertz CT molecular complexity index is 1340. The first-order valence-electron chi connectivity index (χ1n) is 10.6. The van der Waals surface area contributed by atoms with Crippen LogP contribution in [0.25, 0.3) is 10.9 Å². The van der Waals surface area contributed by atoms with Crippen LogP contribution in [0.1, 0.15) is 16.8 Å². The highest BCUT2D eigenvalue weighted by Gasteiger charge is 2.08. The minimum absolute atomic E-state index is 0.0534. The summed E-state index contributed by atoms with van der Waals surface area (Å²) in [4.78, 5) is 24.5. The largest absolute Gasteiger partial charge is 0.455 e. The number of rotatable bonds is 8. The Labute approximate surface area is 196 Å². The maximum absolute atomic E-state index is 11.5. The van der Waals surface area contributed by atoms with Crippen molar-refractivity contribution in [2.75, 3.05) is 19.0 Å². The number of aromatic nitrogens is 3. The van der Waals surface area contributed by atoms with Gasteiger partial charge in [-0.1, -0.05) is 6.07 Å². The first kappa shape index (κ1) is 22.8. The number of nitrogens with one attached hydrogen (secondary N) is 2. The monoisotopic (exact) mass is 456 g/mol. The molecule has 172 valence electrons. The average molecular weight is 457 g/mol. The summed E-state index contributed by atoms with van der Waals surface area (Å²) < 4.78 is 10.7. The molecule has 0 radical (unpaired) electrons. The number of amides is 1. The third-order valence-electron chi connectivity index (χ3n) is 4.89. The summed E-state index contributed by atoms with van der Waals surface area (Å²) in [6, 6.07) is 15.3. The zero-order valence-corrected chi connectivity index (χ0v) is 19.1. The fourth-order valence-electron chi connectivity index (χ4n) is 3.22. The van der Waals surface area contributed by atoms with Gasteiger partial charge in [0.15, 0.2) is 0 Å². The second-order valence-corrected chi connectivity index (χ2v) is 7.57. The highest BCUT2D eigenvalue weighted by Crippen LogP contribution is 2.29. The Morgan fingerprint density at radius 3 is 2.71 bits per heavy atom. The Morgan fingerprint density at radius 1 is 1.06 bits per heavy atom. The van der Waals surface area contributed by atoms with Crippen LogP contribution < -0.4 is 15.5 Å². The van der Waals surface area contributed by atoms with E-state index in [0.29, 0.717) is 11.6 Å². The summed E-state index contributed by atoms with van der Waals surface area (Å²) in [5, 5.41) is 8.13. The van der Waals surface area contributed by atoms with E-state index in [2.05, 4.69) is 30.8 Å². The molecule has 2 heterocycles. The van der Waals surface area contributed by atoms with E-state index in [1.54, 1.807) is 12.4 Å². The number of ether oxygens (including phenoxy) is 2. The number of carbonyl (C=O) groups is 1. The first-order chi connectivity index (χ1) is 16.5. The molecule has 0 atom stereocenters. The van der Waals surface area contributed by atoms with Crippen LogP contribution >= 0.6 is 0 Å². The molecule has 2 aromatic carbocycles. The zero-order chi connectivity index (χ0) is 23.9. The van der Waals surface area contributed by atoms with Gasteiger partial charge in [-0.05, 0) is 67.4 Å². The lowest BCUT2D eigenvalue weighted by Gasteiger charge is -2.12. The molecule has 0 saturated carbocycles. The van der Waals surface area contributed by atoms with Crippen molar-refractivity contribution in [2.45, 2.75) is 13.8 Å². The number of benzene rings is 2. The number of carbonyl (C=O) groups excluding carboxylic acids is 1. The standard InChI is InChI=1S/C25H24N6O3/c1-16-10-19(6-9-23(16)34-20-7-4-17(2)26-13-20)30-25-21-11-18(5-8-22(21)27-15-28-25)12-29-31-24(32)14-33-3/h4-13,15H,14H2,1-3H3,(H,31,32)(H,27,28,30)/b29-12+. The summed E-state index contributed by atoms with van der Waals surface area (Å²) in [5.74, 6) is 1.76. The van der Waals surface area contributed by atoms with E-state index in [1.807, 2.05) is 62.4 Å². The number of fused-ring (bicyclic) bond motifs is 1. The van der Waals surface area contributed by atoms with Gasteiger partial charge in [0.25, 0.3) is 5.91 Å². The van der Waals surface area contributed by atoms with Crippen LogP contribution in [0.4, 0.5) is 11.5 Å². The topological polar surface area (TPSA) is 111 Å². The SMILES string of the molecule is COCC(=O)N/N=C/c1ccc2ncnc(Nc3ccc(Oc4ccc(C)nc4)c(C)c3)c2c1. The molecule has 0 aliphatic carbocycles. The molecule has 0 unspecified atom stereocenters. The Morgan fingerprint density at radius 2 is 1.94 bits per heavy atom. The van der Waals surface area contributed by atoms with Gasteiger partial charge in [-0.25, -0.2) is 15.4 Å². The van der Waals surface area contributed by atoms with Crippen molar-refractivity contribution in [3.05, 3.63) is 77.9 Å². The number of methoxy groups -OCH3 is 1. The molecule has 4 rings (SSSR count). The minimum Gasteiger partial charge on any atom is -0.455 e. The number of aryl methyl sites for hydroxylation is 2. The highest BCUT2D eigenvalue weighted by atomic mass is 16.5. The van der Waals surface area contributed by atoms with Crippen molar-refractivity contribution < 1.29 is 14.3 Å². The molecule has 34 heavy (non-hydrogen) atoms. The van der Waals surface area contributed by atoms with E-state index >= 15 is 0 Å². The maximum atomic E-state index is 11.5. The van der Waals surface area contributed by atoms with Crippen LogP contribution in [0, 0.1) is 13.8 Å². The third-order valence-corrected chi connectivity index (χ3v) is 4.89. The minimum atomic E-state index is -0.327. The molecule has 0 aliphatic heterocycles. The van der Waals surface area contributed by atoms with E-state index in [9.17, 15) is 4.79 Å². The smallest absolute Gasteiger partial charge is 0.266 e. The van der Waals surface area contributed by atoms with Gasteiger partial charge in [-0.2, -0.15) is 5.10 Å². The van der Waals surface area contributed by atoms with Crippen LogP contribution in [0.3, 0.4) is 0 Å². The quantitative estimate of drug-likeness (QED) is 0.301. The van der Waals surface area contributed by atoms with Gasteiger partial charge in [0, 0.05) is 23.9 Å². The predicted molar refractivity (Wildman–Crippen MR) is 131 cm³/mol. The molecule has 0 fully saturated rings. The van der Waals surface area contributed by atoms with Gasteiger partial charge >= 0.3 is 0 Å². The molecule has 2 aromatic heterocycles. The van der Waals surface area contributed by atoms with Crippen LogP contribution in [0.15, 0.2) is 66.2 Å². The Balaban J connectivity index is 1.53. The molecule has 1 amide bonds. The van der Waals surface area contributed by atoms with Crippen LogP contribution in [0.2, 0.25) is 0 Å². The second-order valence-electron chi connectivity index (χ2n) is 7.57. The number of nitrogens with zero attached hydrogens (tertiary/aromatic N) is 4. The van der Waals surface area contributed by atoms with Gasteiger partial charge in [0.1, 0.15) is 30.3 Å². The number of hydrogen-bond acceptors (Lipinski definition) is 8. The van der Waals surface area contributed by atoms with Crippen LogP contribution in [-0.4, -0.2) is 40.8 Å². The lowest BCUT2D eigenvalue weighted by atomic mass is 10.1. The second kappa shape index (κ2) is 10.5. The van der Waals surface area contributed by atoms with Gasteiger partial charge in [0.05, 0.1) is 17.9 Å². The van der Waals surface area contributed by atoms with Crippen molar-refractivity contribution >= 4 is 34.5 Å². The third kappa shape index (κ3) is 5.70. The fraction of sp³-hybridized carbons (Fsp3) is 0.160. The number of hydrogen-bond donors (Lipinski definition) is 2. The van der Waals surface area contributed by atoms with E-state index in [0.717, 1.165) is 39.2 Å². The zero-order valence-electron chi connectivity index (χ0n) is 19.1. The summed E-state index contributed by atoms with van der Waals surface area (Å²) in [5.41, 5.74) is 6.73. The molecule has 4 aromatic rings. The van der Waals surface area contributed by atoms with Crippen molar-refractivity contribution in [3.8, 4) is 11.5 Å². The summed E-state index contributed by atoms with van der Waals surface area (Å²) >= 11 is 0. The highest BCUT2D eigenvalue weighted by molar-refractivity contribution is 5.95. The van der Waals surface area contributed by atoms with E-state index in [4.69, 9.17) is 9.47 Å². The molecule has 0 saturated heterocycles. The van der Waals surface area contributed by atoms with Crippen LogP contribution in [0.5, 0.6) is 11.5 Å². The maximum Gasteiger partial charge on any atom is 0.266 e. The molecule has 9 heteroatoms. The summed E-state index contributed by atoms with van der Waals surface area (Å²) in [6.07, 6.45) is 4.77. The molecular formula is C25H24N6O3. The number of hydrazone groups is 1. The molecule has 0 bridgehead atoms. The predicted octanol–water partition coefficient (Wildman–Crippen LogP) is 4.27. The van der Waals surface area contributed by atoms with Crippen molar-refractivity contribution in [2.24, 2.45) is 5.10 Å². The van der Waals surface area contributed by atoms with Crippen LogP contribution in [-0.2, 0) is 9.53 Å². The van der Waals surface area contributed by atoms with Gasteiger partial charge in [-0.15, -0.1) is 0 Å².